The molecule has 1 saturated heterocycles. The highest BCUT2D eigenvalue weighted by Gasteiger charge is 2.17. The van der Waals surface area contributed by atoms with Gasteiger partial charge in [-0.25, -0.2) is 13.1 Å². The maximum absolute atomic E-state index is 11.9. The van der Waals surface area contributed by atoms with Gasteiger partial charge in [-0.2, -0.15) is 0 Å². The lowest BCUT2D eigenvalue weighted by molar-refractivity contribution is 0.372. The molecule has 0 spiro atoms. The molecule has 0 bridgehead atoms. The normalized spacial score (nSPS) is 17.8. The maximum atomic E-state index is 11.9. The number of nitrogens with one attached hydrogen (secondary N) is 2. The zero-order valence-corrected chi connectivity index (χ0v) is 11.1. The third kappa shape index (κ3) is 4.36. The van der Waals surface area contributed by atoms with Crippen molar-refractivity contribution in [2.75, 3.05) is 19.6 Å². The number of pyridine rings is 1. The molecule has 0 amide bonds. The Labute approximate surface area is 108 Å². The lowest BCUT2D eigenvalue weighted by Crippen LogP contribution is -2.36. The van der Waals surface area contributed by atoms with E-state index in [1.807, 2.05) is 0 Å². The van der Waals surface area contributed by atoms with Crippen molar-refractivity contribution < 1.29 is 8.42 Å². The van der Waals surface area contributed by atoms with E-state index in [4.69, 9.17) is 0 Å². The predicted molar refractivity (Wildman–Crippen MR) is 70.5 cm³/mol. The minimum absolute atomic E-state index is 0.0283. The van der Waals surface area contributed by atoms with Crippen LogP contribution in [0, 0.1) is 5.92 Å². The summed E-state index contributed by atoms with van der Waals surface area (Å²) in [6, 6.07) is 3.45. The quantitative estimate of drug-likeness (QED) is 0.816. The van der Waals surface area contributed by atoms with Gasteiger partial charge in [0.15, 0.2) is 0 Å². The minimum atomic E-state index is -3.23. The smallest absolute Gasteiger partial charge is 0.215 e. The van der Waals surface area contributed by atoms with Crippen molar-refractivity contribution in [1.29, 1.82) is 0 Å². The van der Waals surface area contributed by atoms with E-state index >= 15 is 0 Å². The summed E-state index contributed by atoms with van der Waals surface area (Å²) in [5.74, 6) is 0.485. The molecule has 1 aromatic heterocycles. The largest absolute Gasteiger partial charge is 0.317 e. The van der Waals surface area contributed by atoms with E-state index in [-0.39, 0.29) is 5.75 Å². The van der Waals surface area contributed by atoms with E-state index in [0.717, 1.165) is 31.5 Å². The van der Waals surface area contributed by atoms with E-state index < -0.39 is 10.0 Å². The Morgan fingerprint density at radius 2 is 1.94 bits per heavy atom. The molecule has 0 aliphatic carbocycles. The Bertz CT molecular complexity index is 455. The Balaban J connectivity index is 1.83. The summed E-state index contributed by atoms with van der Waals surface area (Å²) in [6.45, 7) is 2.52. The first kappa shape index (κ1) is 13.5. The van der Waals surface area contributed by atoms with Gasteiger partial charge in [-0.05, 0) is 49.5 Å². The first-order valence-corrected chi connectivity index (χ1v) is 7.88. The summed E-state index contributed by atoms with van der Waals surface area (Å²) in [5, 5.41) is 3.27. The van der Waals surface area contributed by atoms with Gasteiger partial charge < -0.3 is 5.32 Å². The van der Waals surface area contributed by atoms with Crippen molar-refractivity contribution in [2.45, 2.75) is 18.6 Å². The molecular formula is C12H19N3O2S. The van der Waals surface area contributed by atoms with Crippen LogP contribution < -0.4 is 10.0 Å². The van der Waals surface area contributed by atoms with Gasteiger partial charge in [0.05, 0.1) is 5.75 Å². The van der Waals surface area contributed by atoms with E-state index in [1.165, 1.54) is 0 Å². The third-order valence-corrected chi connectivity index (χ3v) is 4.48. The molecule has 1 aromatic rings. The molecule has 0 unspecified atom stereocenters. The molecule has 2 heterocycles. The number of rotatable bonds is 5. The van der Waals surface area contributed by atoms with Gasteiger partial charge in [-0.1, -0.05) is 0 Å². The molecule has 5 nitrogen and oxygen atoms in total. The Kier molecular flexibility index (Phi) is 4.68. The molecule has 0 atom stereocenters. The van der Waals surface area contributed by atoms with E-state index in [1.54, 1.807) is 24.5 Å². The summed E-state index contributed by atoms with van der Waals surface area (Å²) < 4.78 is 26.5. The molecule has 2 N–H and O–H groups in total. The monoisotopic (exact) mass is 269 g/mol. The Hall–Kier alpha value is -0.980. The average Bonchev–Trinajstić information content (AvgIpc) is 2.38. The number of aromatic nitrogens is 1. The summed E-state index contributed by atoms with van der Waals surface area (Å²) in [6.07, 6.45) is 5.30. The summed E-state index contributed by atoms with van der Waals surface area (Å²) in [4.78, 5) is 3.87. The van der Waals surface area contributed by atoms with Crippen molar-refractivity contribution in [3.05, 3.63) is 30.1 Å². The highest BCUT2D eigenvalue weighted by Crippen LogP contribution is 2.11. The molecule has 100 valence electrons. The minimum Gasteiger partial charge on any atom is -0.317 e. The SMILES string of the molecule is O=S(=O)(Cc1ccncc1)NCC1CCNCC1. The number of hydrogen-bond donors (Lipinski definition) is 2. The second-order valence-electron chi connectivity index (χ2n) is 4.66. The van der Waals surface area contributed by atoms with Gasteiger partial charge in [0.1, 0.15) is 0 Å². The Morgan fingerprint density at radius 3 is 2.61 bits per heavy atom. The fourth-order valence-electron chi connectivity index (χ4n) is 2.08. The highest BCUT2D eigenvalue weighted by molar-refractivity contribution is 7.88. The standard InChI is InChI=1S/C12H19N3O2S/c16-18(17,10-12-3-7-14-8-4-12)15-9-11-1-5-13-6-2-11/h3-4,7-8,11,13,15H,1-2,5-6,9-10H2. The summed E-state index contributed by atoms with van der Waals surface area (Å²) in [5.41, 5.74) is 0.766. The maximum Gasteiger partial charge on any atom is 0.215 e. The topological polar surface area (TPSA) is 71.1 Å². The van der Waals surface area contributed by atoms with Gasteiger partial charge in [0.2, 0.25) is 10.0 Å². The first-order chi connectivity index (χ1) is 8.66. The molecule has 18 heavy (non-hydrogen) atoms. The molecule has 2 rings (SSSR count). The third-order valence-electron chi connectivity index (χ3n) is 3.16. The van der Waals surface area contributed by atoms with Crippen LogP contribution in [0.5, 0.6) is 0 Å². The van der Waals surface area contributed by atoms with E-state index in [0.29, 0.717) is 12.5 Å². The second kappa shape index (κ2) is 6.26. The first-order valence-electron chi connectivity index (χ1n) is 6.23. The molecule has 0 saturated carbocycles. The lowest BCUT2D eigenvalue weighted by Gasteiger charge is -2.22. The van der Waals surface area contributed by atoms with Crippen molar-refractivity contribution >= 4 is 10.0 Å². The second-order valence-corrected chi connectivity index (χ2v) is 6.46. The van der Waals surface area contributed by atoms with Crippen LogP contribution in [0.2, 0.25) is 0 Å². The lowest BCUT2D eigenvalue weighted by atomic mass is 9.99. The molecule has 1 aliphatic heterocycles. The fraction of sp³-hybridized carbons (Fsp3) is 0.583. The van der Waals surface area contributed by atoms with Crippen LogP contribution in [-0.2, 0) is 15.8 Å². The van der Waals surface area contributed by atoms with Crippen LogP contribution >= 0.6 is 0 Å². The van der Waals surface area contributed by atoms with Crippen LogP contribution in [0.25, 0.3) is 0 Å². The average molecular weight is 269 g/mol. The number of sulfonamides is 1. The van der Waals surface area contributed by atoms with Gasteiger partial charge in [0, 0.05) is 18.9 Å². The van der Waals surface area contributed by atoms with Crippen molar-refractivity contribution in [1.82, 2.24) is 15.0 Å². The van der Waals surface area contributed by atoms with Gasteiger partial charge >= 0.3 is 0 Å². The van der Waals surface area contributed by atoms with Crippen molar-refractivity contribution in [2.24, 2.45) is 5.92 Å². The van der Waals surface area contributed by atoms with Gasteiger partial charge in [-0.15, -0.1) is 0 Å². The van der Waals surface area contributed by atoms with Crippen LogP contribution in [-0.4, -0.2) is 33.0 Å². The summed E-state index contributed by atoms with van der Waals surface area (Å²) >= 11 is 0. The molecular weight excluding hydrogens is 250 g/mol. The zero-order chi connectivity index (χ0) is 12.8. The molecule has 1 fully saturated rings. The van der Waals surface area contributed by atoms with Gasteiger partial charge in [0.25, 0.3) is 0 Å². The van der Waals surface area contributed by atoms with Crippen LogP contribution in [0.1, 0.15) is 18.4 Å². The van der Waals surface area contributed by atoms with Crippen LogP contribution in [0.15, 0.2) is 24.5 Å². The van der Waals surface area contributed by atoms with Crippen molar-refractivity contribution in [3.63, 3.8) is 0 Å². The molecule has 1 aliphatic rings. The molecule has 0 aromatic carbocycles. The predicted octanol–water partition coefficient (Wildman–Crippen LogP) is 0.501. The summed E-state index contributed by atoms with van der Waals surface area (Å²) in [7, 11) is -3.23. The van der Waals surface area contributed by atoms with Crippen LogP contribution in [0.3, 0.4) is 0 Å². The van der Waals surface area contributed by atoms with E-state index in [9.17, 15) is 8.42 Å². The highest BCUT2D eigenvalue weighted by atomic mass is 32.2. The Morgan fingerprint density at radius 1 is 1.28 bits per heavy atom. The fourth-order valence-corrected chi connectivity index (χ4v) is 3.30. The number of nitrogens with zero attached hydrogens (tertiary/aromatic N) is 1. The van der Waals surface area contributed by atoms with Gasteiger partial charge in [-0.3, -0.25) is 4.98 Å². The molecule has 0 radical (unpaired) electrons. The van der Waals surface area contributed by atoms with Crippen LogP contribution in [0.4, 0.5) is 0 Å². The van der Waals surface area contributed by atoms with E-state index in [2.05, 4.69) is 15.0 Å². The zero-order valence-electron chi connectivity index (χ0n) is 10.3. The number of piperidine rings is 1. The molecule has 6 heteroatoms. The number of hydrogen-bond acceptors (Lipinski definition) is 4. The van der Waals surface area contributed by atoms with Crippen molar-refractivity contribution in [3.8, 4) is 0 Å².